The first-order chi connectivity index (χ1) is 8.21. The number of carbonyl (C=O) groups excluding carboxylic acids is 1. The minimum absolute atomic E-state index is 0.104. The van der Waals surface area contributed by atoms with Crippen molar-refractivity contribution >= 4 is 5.91 Å². The van der Waals surface area contributed by atoms with Crippen molar-refractivity contribution in [2.75, 3.05) is 13.1 Å². The van der Waals surface area contributed by atoms with Gasteiger partial charge in [0, 0.05) is 13.1 Å². The minimum atomic E-state index is -4.22. The fourth-order valence-electron chi connectivity index (χ4n) is 2.29. The van der Waals surface area contributed by atoms with Crippen LogP contribution in [0.5, 0.6) is 0 Å². The molecular formula is C12H21F3N2O. The molecule has 1 saturated heterocycles. The third-order valence-corrected chi connectivity index (χ3v) is 3.24. The second-order valence-electron chi connectivity index (χ2n) is 5.40. The summed E-state index contributed by atoms with van der Waals surface area (Å²) in [4.78, 5) is 13.2. The van der Waals surface area contributed by atoms with E-state index in [0.717, 1.165) is 0 Å². The molecule has 0 spiro atoms. The lowest BCUT2D eigenvalue weighted by Gasteiger charge is -2.35. The van der Waals surface area contributed by atoms with E-state index in [1.807, 2.05) is 13.8 Å². The number of nitrogens with two attached hydrogens (primary N) is 1. The Balaban J connectivity index is 2.58. The first-order valence-electron chi connectivity index (χ1n) is 6.33. The zero-order chi connectivity index (χ0) is 13.9. The van der Waals surface area contributed by atoms with E-state index in [9.17, 15) is 18.0 Å². The fourth-order valence-corrected chi connectivity index (χ4v) is 2.29. The maximum Gasteiger partial charge on any atom is 0.393 e. The van der Waals surface area contributed by atoms with Crippen LogP contribution >= 0.6 is 0 Å². The van der Waals surface area contributed by atoms with Gasteiger partial charge in [-0.2, -0.15) is 13.2 Å². The minimum Gasteiger partial charge on any atom is -0.341 e. The molecule has 3 nitrogen and oxygen atoms in total. The predicted octanol–water partition coefficient (Wildman–Crippen LogP) is 2.16. The second-order valence-corrected chi connectivity index (χ2v) is 5.40. The van der Waals surface area contributed by atoms with Crippen molar-refractivity contribution < 1.29 is 18.0 Å². The van der Waals surface area contributed by atoms with Crippen LogP contribution in [0.3, 0.4) is 0 Å². The van der Waals surface area contributed by atoms with Crippen molar-refractivity contribution in [3.05, 3.63) is 0 Å². The smallest absolute Gasteiger partial charge is 0.341 e. The molecule has 1 heterocycles. The average Bonchev–Trinajstić information content (AvgIpc) is 2.26. The van der Waals surface area contributed by atoms with Gasteiger partial charge in [-0.3, -0.25) is 4.79 Å². The summed E-state index contributed by atoms with van der Waals surface area (Å²) in [7, 11) is 0. The molecule has 0 aromatic heterocycles. The van der Waals surface area contributed by atoms with Gasteiger partial charge in [-0.1, -0.05) is 13.8 Å². The summed E-state index contributed by atoms with van der Waals surface area (Å²) in [5.74, 6) is -1.49. The van der Waals surface area contributed by atoms with Gasteiger partial charge in [0.15, 0.2) is 0 Å². The van der Waals surface area contributed by atoms with Crippen molar-refractivity contribution in [2.45, 2.75) is 45.3 Å². The van der Waals surface area contributed by atoms with Crippen LogP contribution in [-0.4, -0.2) is 36.1 Å². The van der Waals surface area contributed by atoms with E-state index in [2.05, 4.69) is 0 Å². The van der Waals surface area contributed by atoms with E-state index >= 15 is 0 Å². The van der Waals surface area contributed by atoms with Gasteiger partial charge in [-0.25, -0.2) is 0 Å². The molecule has 6 heteroatoms. The van der Waals surface area contributed by atoms with E-state index in [-0.39, 0.29) is 24.8 Å². The van der Waals surface area contributed by atoms with Gasteiger partial charge in [0.1, 0.15) is 0 Å². The zero-order valence-electron chi connectivity index (χ0n) is 10.8. The molecule has 2 atom stereocenters. The number of halogens is 3. The molecular weight excluding hydrogens is 245 g/mol. The maximum atomic E-state index is 12.6. The van der Waals surface area contributed by atoms with Crippen LogP contribution in [0.1, 0.15) is 33.1 Å². The van der Waals surface area contributed by atoms with Crippen LogP contribution in [0, 0.1) is 11.8 Å². The largest absolute Gasteiger partial charge is 0.393 e. The molecule has 1 rings (SSSR count). The summed E-state index contributed by atoms with van der Waals surface area (Å²) in [6.45, 7) is 4.01. The van der Waals surface area contributed by atoms with Crippen molar-refractivity contribution in [1.82, 2.24) is 4.90 Å². The van der Waals surface area contributed by atoms with Crippen LogP contribution < -0.4 is 5.73 Å². The van der Waals surface area contributed by atoms with Gasteiger partial charge >= 0.3 is 6.18 Å². The lowest BCUT2D eigenvalue weighted by atomic mass is 9.96. The Morgan fingerprint density at radius 3 is 2.56 bits per heavy atom. The Labute approximate surface area is 106 Å². The number of likely N-dealkylation sites (tertiary alicyclic amines) is 1. The number of piperidine rings is 1. The SMILES string of the molecule is CC(C)C[C@@H](N)C(=O)N1CCCC(C(F)(F)F)C1. The Bertz CT molecular complexity index is 292. The van der Waals surface area contributed by atoms with E-state index in [0.29, 0.717) is 19.4 Å². The summed E-state index contributed by atoms with van der Waals surface area (Å²) in [5, 5.41) is 0. The summed E-state index contributed by atoms with van der Waals surface area (Å²) < 4.78 is 37.9. The van der Waals surface area contributed by atoms with Gasteiger partial charge in [0.2, 0.25) is 5.91 Å². The van der Waals surface area contributed by atoms with E-state index < -0.39 is 18.1 Å². The fraction of sp³-hybridized carbons (Fsp3) is 0.917. The average molecular weight is 266 g/mol. The highest BCUT2D eigenvalue weighted by Crippen LogP contribution is 2.33. The third kappa shape index (κ3) is 4.15. The van der Waals surface area contributed by atoms with Crippen LogP contribution in [0.4, 0.5) is 13.2 Å². The van der Waals surface area contributed by atoms with Crippen LogP contribution in [0.25, 0.3) is 0 Å². The van der Waals surface area contributed by atoms with Crippen LogP contribution in [0.15, 0.2) is 0 Å². The Morgan fingerprint density at radius 1 is 1.44 bits per heavy atom. The predicted molar refractivity (Wildman–Crippen MR) is 62.8 cm³/mol. The van der Waals surface area contributed by atoms with E-state index in [1.54, 1.807) is 0 Å². The molecule has 1 unspecified atom stereocenters. The van der Waals surface area contributed by atoms with Gasteiger partial charge in [-0.15, -0.1) is 0 Å². The first kappa shape index (κ1) is 15.3. The summed E-state index contributed by atoms with van der Waals surface area (Å²) in [6, 6.07) is -0.683. The molecule has 18 heavy (non-hydrogen) atoms. The number of hydrogen-bond donors (Lipinski definition) is 1. The van der Waals surface area contributed by atoms with Crippen LogP contribution in [0.2, 0.25) is 0 Å². The molecule has 0 aliphatic carbocycles. The Kier molecular flexibility index (Phi) is 5.01. The maximum absolute atomic E-state index is 12.6. The molecule has 0 bridgehead atoms. The summed E-state index contributed by atoms with van der Waals surface area (Å²) in [6.07, 6.45) is -3.22. The molecule has 1 aliphatic heterocycles. The zero-order valence-corrected chi connectivity index (χ0v) is 10.8. The van der Waals surface area contributed by atoms with Gasteiger partial charge in [0.05, 0.1) is 12.0 Å². The summed E-state index contributed by atoms with van der Waals surface area (Å²) in [5.41, 5.74) is 5.73. The second kappa shape index (κ2) is 5.91. The Hall–Kier alpha value is -0.780. The molecule has 1 fully saturated rings. The van der Waals surface area contributed by atoms with Crippen molar-refractivity contribution in [2.24, 2.45) is 17.6 Å². The first-order valence-corrected chi connectivity index (χ1v) is 6.33. The number of nitrogens with zero attached hydrogens (tertiary/aromatic N) is 1. The molecule has 1 aliphatic rings. The van der Waals surface area contributed by atoms with Gasteiger partial charge in [-0.05, 0) is 25.2 Å². The highest BCUT2D eigenvalue weighted by molar-refractivity contribution is 5.81. The van der Waals surface area contributed by atoms with Crippen LogP contribution in [-0.2, 0) is 4.79 Å². The molecule has 0 saturated carbocycles. The highest BCUT2D eigenvalue weighted by Gasteiger charge is 2.43. The van der Waals surface area contributed by atoms with Crippen molar-refractivity contribution in [1.29, 1.82) is 0 Å². The lowest BCUT2D eigenvalue weighted by molar-refractivity contribution is -0.188. The molecule has 2 N–H and O–H groups in total. The number of hydrogen-bond acceptors (Lipinski definition) is 2. The van der Waals surface area contributed by atoms with Crippen molar-refractivity contribution in [3.8, 4) is 0 Å². The number of alkyl halides is 3. The third-order valence-electron chi connectivity index (χ3n) is 3.24. The van der Waals surface area contributed by atoms with Gasteiger partial charge in [0.25, 0.3) is 0 Å². The number of carbonyl (C=O) groups is 1. The van der Waals surface area contributed by atoms with Gasteiger partial charge < -0.3 is 10.6 Å². The lowest BCUT2D eigenvalue weighted by Crippen LogP contribution is -2.50. The quantitative estimate of drug-likeness (QED) is 0.851. The highest BCUT2D eigenvalue weighted by atomic mass is 19.4. The standard InChI is InChI=1S/C12H21F3N2O/c1-8(2)6-10(16)11(18)17-5-3-4-9(7-17)12(13,14)15/h8-10H,3-7,16H2,1-2H3/t9?,10-/m1/s1. The number of rotatable bonds is 3. The Morgan fingerprint density at radius 2 is 2.06 bits per heavy atom. The van der Waals surface area contributed by atoms with E-state index in [1.165, 1.54) is 4.90 Å². The van der Waals surface area contributed by atoms with E-state index in [4.69, 9.17) is 5.73 Å². The van der Waals surface area contributed by atoms with Crippen molar-refractivity contribution in [3.63, 3.8) is 0 Å². The molecule has 0 aromatic carbocycles. The number of amides is 1. The monoisotopic (exact) mass is 266 g/mol. The molecule has 1 amide bonds. The summed E-state index contributed by atoms with van der Waals surface area (Å²) >= 11 is 0. The normalized spacial score (nSPS) is 23.3. The molecule has 0 aromatic rings. The molecule has 0 radical (unpaired) electrons. The molecule has 106 valence electrons. The topological polar surface area (TPSA) is 46.3 Å².